The molecule has 9 nitrogen and oxygen atoms in total. The number of anilines is 2. The monoisotopic (exact) mass is 597 g/mol. The maximum absolute atomic E-state index is 13.3. The van der Waals surface area contributed by atoms with E-state index in [4.69, 9.17) is 0 Å². The number of hydrogen-bond donors (Lipinski definition) is 1. The van der Waals surface area contributed by atoms with Crippen molar-refractivity contribution >= 4 is 63.1 Å². The SMILES string of the molecule is O=C(Cn1cc(/C=C2\SC(=O)N(CC(=O)N3CCN(c4ccccc4)CC3)C2=O)c2ccccc21)Nc1ccc(F)cc1. The Morgan fingerprint density at radius 1 is 0.860 bits per heavy atom. The summed E-state index contributed by atoms with van der Waals surface area (Å²) in [6.45, 7) is 2.03. The van der Waals surface area contributed by atoms with Gasteiger partial charge in [0, 0.05) is 60.2 Å². The van der Waals surface area contributed by atoms with Crippen LogP contribution in [0.15, 0.2) is 90.0 Å². The van der Waals surface area contributed by atoms with Crippen LogP contribution in [0.5, 0.6) is 0 Å². The number of fused-ring (bicyclic) bond motifs is 1. The maximum atomic E-state index is 13.3. The fourth-order valence-electron chi connectivity index (χ4n) is 5.28. The number of hydrogen-bond acceptors (Lipinski definition) is 6. The molecule has 218 valence electrons. The fourth-order valence-corrected chi connectivity index (χ4v) is 6.10. The van der Waals surface area contributed by atoms with E-state index in [-0.39, 0.29) is 29.8 Å². The number of amides is 4. The van der Waals surface area contributed by atoms with Gasteiger partial charge in [-0.2, -0.15) is 0 Å². The van der Waals surface area contributed by atoms with Gasteiger partial charge in [0.05, 0.1) is 4.91 Å². The van der Waals surface area contributed by atoms with Crippen LogP contribution in [0.2, 0.25) is 0 Å². The van der Waals surface area contributed by atoms with Gasteiger partial charge < -0.3 is 19.7 Å². The summed E-state index contributed by atoms with van der Waals surface area (Å²) in [5.74, 6) is -1.48. The fraction of sp³-hybridized carbons (Fsp3) is 0.188. The second-order valence-electron chi connectivity index (χ2n) is 10.3. The van der Waals surface area contributed by atoms with Crippen molar-refractivity contribution in [3.05, 3.63) is 101 Å². The Morgan fingerprint density at radius 2 is 1.56 bits per heavy atom. The molecule has 11 heteroatoms. The number of piperazine rings is 1. The smallest absolute Gasteiger partial charge is 0.294 e. The van der Waals surface area contributed by atoms with E-state index in [0.29, 0.717) is 37.4 Å². The molecule has 2 aliphatic heterocycles. The first-order chi connectivity index (χ1) is 20.9. The van der Waals surface area contributed by atoms with Crippen LogP contribution in [0.4, 0.5) is 20.6 Å². The van der Waals surface area contributed by atoms with Crippen LogP contribution in [0.25, 0.3) is 17.0 Å². The number of carbonyl (C=O) groups is 4. The predicted molar refractivity (Wildman–Crippen MR) is 165 cm³/mol. The zero-order chi connectivity index (χ0) is 29.9. The quantitative estimate of drug-likeness (QED) is 0.308. The molecule has 2 saturated heterocycles. The summed E-state index contributed by atoms with van der Waals surface area (Å²) < 4.78 is 15.0. The van der Waals surface area contributed by atoms with Gasteiger partial charge in [-0.3, -0.25) is 24.1 Å². The molecule has 1 N–H and O–H groups in total. The molecule has 6 rings (SSSR count). The molecular formula is C32H28FN5O4S. The van der Waals surface area contributed by atoms with Crippen LogP contribution < -0.4 is 10.2 Å². The topological polar surface area (TPSA) is 95.0 Å². The molecule has 3 aromatic carbocycles. The van der Waals surface area contributed by atoms with Crippen LogP contribution >= 0.6 is 11.8 Å². The normalized spacial score (nSPS) is 16.4. The van der Waals surface area contributed by atoms with Crippen LogP contribution in [0.3, 0.4) is 0 Å². The highest BCUT2D eigenvalue weighted by Crippen LogP contribution is 2.34. The van der Waals surface area contributed by atoms with Crippen molar-refractivity contribution in [2.24, 2.45) is 0 Å². The molecule has 0 radical (unpaired) electrons. The average molecular weight is 598 g/mol. The molecule has 0 unspecified atom stereocenters. The lowest BCUT2D eigenvalue weighted by Crippen LogP contribution is -2.51. The summed E-state index contributed by atoms with van der Waals surface area (Å²) >= 11 is 0.798. The second kappa shape index (κ2) is 12.1. The molecule has 0 bridgehead atoms. The number of imide groups is 1. The predicted octanol–water partition coefficient (Wildman–Crippen LogP) is 4.80. The van der Waals surface area contributed by atoms with Gasteiger partial charge in [0.15, 0.2) is 0 Å². The first-order valence-corrected chi connectivity index (χ1v) is 14.6. The summed E-state index contributed by atoms with van der Waals surface area (Å²) in [6.07, 6.45) is 3.38. The molecule has 4 aromatic rings. The number of aromatic nitrogens is 1. The minimum atomic E-state index is -0.517. The number of carbonyl (C=O) groups excluding carboxylic acids is 4. The summed E-state index contributed by atoms with van der Waals surface area (Å²) in [5.41, 5.74) is 3.01. The van der Waals surface area contributed by atoms with Crippen molar-refractivity contribution in [1.29, 1.82) is 0 Å². The van der Waals surface area contributed by atoms with E-state index < -0.39 is 17.0 Å². The minimum Gasteiger partial charge on any atom is -0.368 e. The Hall–Kier alpha value is -4.90. The second-order valence-corrected chi connectivity index (χ2v) is 11.2. The van der Waals surface area contributed by atoms with Crippen molar-refractivity contribution in [3.63, 3.8) is 0 Å². The van der Waals surface area contributed by atoms with Gasteiger partial charge in [-0.25, -0.2) is 4.39 Å². The largest absolute Gasteiger partial charge is 0.368 e. The van der Waals surface area contributed by atoms with E-state index in [1.165, 1.54) is 24.3 Å². The van der Waals surface area contributed by atoms with Crippen molar-refractivity contribution in [1.82, 2.24) is 14.4 Å². The van der Waals surface area contributed by atoms with Gasteiger partial charge in [-0.05, 0) is 60.3 Å². The number of nitrogens with zero attached hydrogens (tertiary/aromatic N) is 4. The molecule has 2 aliphatic rings. The number of para-hydroxylation sites is 2. The Kier molecular flexibility index (Phi) is 7.97. The molecule has 2 fully saturated rings. The van der Waals surface area contributed by atoms with Gasteiger partial charge in [-0.1, -0.05) is 36.4 Å². The van der Waals surface area contributed by atoms with E-state index in [9.17, 15) is 23.6 Å². The molecule has 0 spiro atoms. The van der Waals surface area contributed by atoms with E-state index in [0.717, 1.165) is 33.3 Å². The van der Waals surface area contributed by atoms with E-state index in [1.807, 2.05) is 54.6 Å². The lowest BCUT2D eigenvalue weighted by molar-refractivity contribution is -0.136. The van der Waals surface area contributed by atoms with E-state index in [1.54, 1.807) is 21.7 Å². The van der Waals surface area contributed by atoms with Gasteiger partial charge in [0.1, 0.15) is 18.9 Å². The lowest BCUT2D eigenvalue weighted by Gasteiger charge is -2.36. The number of rotatable bonds is 7. The zero-order valence-electron chi connectivity index (χ0n) is 23.1. The first kappa shape index (κ1) is 28.2. The van der Waals surface area contributed by atoms with Crippen molar-refractivity contribution in [2.75, 3.05) is 42.9 Å². The van der Waals surface area contributed by atoms with Crippen molar-refractivity contribution in [2.45, 2.75) is 6.54 Å². The summed E-state index contributed by atoms with van der Waals surface area (Å²) in [5, 5.41) is 3.06. The molecular weight excluding hydrogens is 569 g/mol. The molecule has 0 atom stereocenters. The minimum absolute atomic E-state index is 0.0146. The number of thioether (sulfide) groups is 1. The van der Waals surface area contributed by atoms with Crippen LogP contribution in [0, 0.1) is 5.82 Å². The number of halogens is 1. The Balaban J connectivity index is 1.13. The standard InChI is InChI=1S/C32H28FN5O4S/c33-23-10-12-24(13-11-23)34-29(39)20-37-19-22(26-8-4-5-9-27(26)37)18-28-31(41)38(32(42)43-28)21-30(40)36-16-14-35(15-17-36)25-6-2-1-3-7-25/h1-13,18-19H,14-17,20-21H2,(H,34,39)/b28-18-. The third kappa shape index (κ3) is 6.17. The number of benzene rings is 3. The van der Waals surface area contributed by atoms with Gasteiger partial charge in [-0.15, -0.1) is 0 Å². The Labute approximate surface area is 251 Å². The molecule has 0 aliphatic carbocycles. The zero-order valence-corrected chi connectivity index (χ0v) is 23.9. The number of nitrogens with one attached hydrogen (secondary N) is 1. The van der Waals surface area contributed by atoms with Gasteiger partial charge in [0.25, 0.3) is 11.1 Å². The van der Waals surface area contributed by atoms with E-state index in [2.05, 4.69) is 10.2 Å². The van der Waals surface area contributed by atoms with E-state index >= 15 is 0 Å². The van der Waals surface area contributed by atoms with Crippen molar-refractivity contribution in [3.8, 4) is 0 Å². The molecule has 43 heavy (non-hydrogen) atoms. The highest BCUT2D eigenvalue weighted by atomic mass is 32.2. The average Bonchev–Trinajstić information content (AvgIpc) is 3.50. The summed E-state index contributed by atoms with van der Waals surface area (Å²) in [7, 11) is 0. The van der Waals surface area contributed by atoms with Crippen LogP contribution in [-0.2, 0) is 20.9 Å². The molecule has 3 heterocycles. The Morgan fingerprint density at radius 3 is 2.30 bits per heavy atom. The summed E-state index contributed by atoms with van der Waals surface area (Å²) in [4.78, 5) is 57.0. The third-order valence-electron chi connectivity index (χ3n) is 7.47. The van der Waals surface area contributed by atoms with Gasteiger partial charge >= 0.3 is 0 Å². The maximum Gasteiger partial charge on any atom is 0.294 e. The molecule has 0 saturated carbocycles. The highest BCUT2D eigenvalue weighted by Gasteiger charge is 2.37. The van der Waals surface area contributed by atoms with Crippen LogP contribution in [-0.4, -0.2) is 70.1 Å². The Bertz CT molecular complexity index is 1730. The molecule has 1 aromatic heterocycles. The highest BCUT2D eigenvalue weighted by molar-refractivity contribution is 8.18. The van der Waals surface area contributed by atoms with Crippen LogP contribution in [0.1, 0.15) is 5.56 Å². The summed E-state index contributed by atoms with van der Waals surface area (Å²) in [6, 6.07) is 22.9. The third-order valence-corrected chi connectivity index (χ3v) is 8.38. The van der Waals surface area contributed by atoms with Gasteiger partial charge in [0.2, 0.25) is 11.8 Å². The lowest BCUT2D eigenvalue weighted by atomic mass is 10.1. The van der Waals surface area contributed by atoms with Crippen molar-refractivity contribution < 1.29 is 23.6 Å². The molecule has 4 amide bonds. The first-order valence-electron chi connectivity index (χ1n) is 13.8.